The van der Waals surface area contributed by atoms with Crippen molar-refractivity contribution in [3.63, 3.8) is 0 Å². The molecule has 0 aliphatic carbocycles. The first kappa shape index (κ1) is 23.0. The van der Waals surface area contributed by atoms with Crippen molar-refractivity contribution in [1.82, 2.24) is 0 Å². The molecule has 0 spiro atoms. The van der Waals surface area contributed by atoms with Gasteiger partial charge in [-0.3, -0.25) is 9.98 Å². The molecule has 0 saturated heterocycles. The average molecular weight is 449 g/mol. The van der Waals surface area contributed by atoms with Crippen LogP contribution < -0.4 is 0 Å². The van der Waals surface area contributed by atoms with Crippen molar-refractivity contribution in [2.24, 2.45) is 9.98 Å². The summed E-state index contributed by atoms with van der Waals surface area (Å²) in [5.41, 5.74) is 8.33. The molecule has 4 nitrogen and oxygen atoms in total. The first-order valence-corrected chi connectivity index (χ1v) is 11.3. The number of rotatable bonds is 7. The van der Waals surface area contributed by atoms with Crippen molar-refractivity contribution in [1.29, 1.82) is 0 Å². The first-order valence-electron chi connectivity index (χ1n) is 11.3. The monoisotopic (exact) mass is 448 g/mol. The van der Waals surface area contributed by atoms with Gasteiger partial charge in [0.15, 0.2) is 0 Å². The Morgan fingerprint density at radius 1 is 0.559 bits per heavy atom. The molecule has 0 saturated carbocycles. The van der Waals surface area contributed by atoms with Crippen LogP contribution >= 0.6 is 0 Å². The van der Waals surface area contributed by atoms with Gasteiger partial charge in [-0.2, -0.15) is 0 Å². The Morgan fingerprint density at radius 3 is 1.38 bits per heavy atom. The molecule has 170 valence electrons. The third kappa shape index (κ3) is 5.24. The topological polar surface area (TPSA) is 65.2 Å². The van der Waals surface area contributed by atoms with E-state index in [1.54, 1.807) is 36.7 Å². The zero-order valence-electron chi connectivity index (χ0n) is 19.4. The Bertz CT molecular complexity index is 1250. The molecular formula is C30H28N2O2. The highest BCUT2D eigenvalue weighted by molar-refractivity contribution is 5.84. The predicted molar refractivity (Wildman–Crippen MR) is 140 cm³/mol. The summed E-state index contributed by atoms with van der Waals surface area (Å²) in [6, 6.07) is 26.9. The van der Waals surface area contributed by atoms with Crippen LogP contribution in [-0.2, 0) is 13.1 Å². The van der Waals surface area contributed by atoms with E-state index in [0.717, 1.165) is 11.1 Å². The van der Waals surface area contributed by atoms with Gasteiger partial charge in [0.2, 0.25) is 0 Å². The second-order valence-corrected chi connectivity index (χ2v) is 8.28. The number of nitrogens with zero attached hydrogens (tertiary/aromatic N) is 2. The minimum absolute atomic E-state index is 0.222. The summed E-state index contributed by atoms with van der Waals surface area (Å²) in [4.78, 5) is 9.26. The van der Waals surface area contributed by atoms with Crippen LogP contribution in [0.2, 0.25) is 0 Å². The zero-order chi connectivity index (χ0) is 23.9. The van der Waals surface area contributed by atoms with Gasteiger partial charge in [-0.25, -0.2) is 0 Å². The predicted octanol–water partition coefficient (Wildman–Crippen LogP) is 6.62. The normalized spacial score (nSPS) is 11.5. The Balaban J connectivity index is 1.67. The van der Waals surface area contributed by atoms with Gasteiger partial charge in [-0.1, -0.05) is 60.7 Å². The highest BCUT2D eigenvalue weighted by Gasteiger charge is 2.14. The molecule has 0 aliphatic rings. The van der Waals surface area contributed by atoms with E-state index in [1.807, 2.05) is 24.3 Å². The molecule has 4 heteroatoms. The van der Waals surface area contributed by atoms with Crippen LogP contribution in [0.25, 0.3) is 11.1 Å². The third-order valence-corrected chi connectivity index (χ3v) is 5.83. The Morgan fingerprint density at radius 2 is 0.971 bits per heavy atom. The van der Waals surface area contributed by atoms with Gasteiger partial charge >= 0.3 is 0 Å². The maximum atomic E-state index is 10.0. The Kier molecular flexibility index (Phi) is 7.19. The van der Waals surface area contributed by atoms with E-state index in [9.17, 15) is 10.2 Å². The van der Waals surface area contributed by atoms with E-state index in [1.165, 1.54) is 22.3 Å². The lowest BCUT2D eigenvalue weighted by Crippen LogP contribution is -1.99. The zero-order valence-corrected chi connectivity index (χ0v) is 19.4. The fraction of sp³-hybridized carbons (Fsp3) is 0.133. The van der Waals surface area contributed by atoms with Crippen molar-refractivity contribution >= 4 is 12.4 Å². The molecule has 4 aromatic rings. The number of aliphatic imine (C=N–C) groups is 2. The maximum absolute atomic E-state index is 10.0. The molecule has 0 unspecified atom stereocenters. The molecule has 4 rings (SSSR count). The molecular weight excluding hydrogens is 420 g/mol. The molecule has 0 aliphatic heterocycles. The molecule has 2 N–H and O–H groups in total. The lowest BCUT2D eigenvalue weighted by Gasteiger charge is -2.17. The third-order valence-electron chi connectivity index (χ3n) is 5.83. The summed E-state index contributed by atoms with van der Waals surface area (Å²) in [6.07, 6.45) is 3.44. The fourth-order valence-electron chi connectivity index (χ4n) is 4.11. The van der Waals surface area contributed by atoms with E-state index in [-0.39, 0.29) is 11.5 Å². The van der Waals surface area contributed by atoms with Gasteiger partial charge < -0.3 is 10.2 Å². The summed E-state index contributed by atoms with van der Waals surface area (Å²) >= 11 is 0. The molecule has 0 aromatic heterocycles. The lowest BCUT2D eigenvalue weighted by atomic mass is 9.88. The van der Waals surface area contributed by atoms with Crippen LogP contribution in [0.15, 0.2) is 94.9 Å². The lowest BCUT2D eigenvalue weighted by molar-refractivity contribution is 0.474. The van der Waals surface area contributed by atoms with E-state index in [4.69, 9.17) is 0 Å². The SMILES string of the molecule is Cc1cccc(CN=Cc2ccccc2O)c1-c1c(C)cccc1CN=Cc1ccccc1O. The summed E-state index contributed by atoms with van der Waals surface area (Å²) in [6.45, 7) is 5.24. The highest BCUT2D eigenvalue weighted by Crippen LogP contribution is 2.34. The molecule has 0 radical (unpaired) electrons. The first-order chi connectivity index (χ1) is 16.5. The van der Waals surface area contributed by atoms with E-state index < -0.39 is 0 Å². The molecule has 0 atom stereocenters. The highest BCUT2D eigenvalue weighted by atomic mass is 16.3. The van der Waals surface area contributed by atoms with Crippen molar-refractivity contribution in [3.05, 3.63) is 118 Å². The number of hydrogen-bond donors (Lipinski definition) is 2. The van der Waals surface area contributed by atoms with Gasteiger partial charge in [-0.05, 0) is 71.5 Å². The van der Waals surface area contributed by atoms with Gasteiger partial charge in [0.1, 0.15) is 11.5 Å². The fourth-order valence-corrected chi connectivity index (χ4v) is 4.11. The summed E-state index contributed by atoms with van der Waals surface area (Å²) in [7, 11) is 0. The van der Waals surface area contributed by atoms with Crippen molar-refractivity contribution in [2.45, 2.75) is 26.9 Å². The van der Waals surface area contributed by atoms with Crippen LogP contribution in [0.5, 0.6) is 11.5 Å². The van der Waals surface area contributed by atoms with Crippen LogP contribution in [0.3, 0.4) is 0 Å². The number of phenols is 2. The van der Waals surface area contributed by atoms with Gasteiger partial charge in [0.25, 0.3) is 0 Å². The van der Waals surface area contributed by atoms with E-state index >= 15 is 0 Å². The molecule has 0 amide bonds. The minimum atomic E-state index is 0.222. The van der Waals surface area contributed by atoms with Crippen LogP contribution in [-0.4, -0.2) is 22.6 Å². The number of phenolic OH excluding ortho intramolecular Hbond substituents is 2. The van der Waals surface area contributed by atoms with Crippen LogP contribution in [0, 0.1) is 13.8 Å². The number of aromatic hydroxyl groups is 2. The van der Waals surface area contributed by atoms with E-state index in [2.05, 4.69) is 60.2 Å². The van der Waals surface area contributed by atoms with Gasteiger partial charge in [0, 0.05) is 23.6 Å². The molecule has 0 bridgehead atoms. The number of hydrogen-bond acceptors (Lipinski definition) is 4. The van der Waals surface area contributed by atoms with Gasteiger partial charge in [-0.15, -0.1) is 0 Å². The average Bonchev–Trinajstić information content (AvgIpc) is 2.83. The maximum Gasteiger partial charge on any atom is 0.124 e. The minimum Gasteiger partial charge on any atom is -0.507 e. The van der Waals surface area contributed by atoms with Crippen molar-refractivity contribution < 1.29 is 10.2 Å². The van der Waals surface area contributed by atoms with Crippen LogP contribution in [0.1, 0.15) is 33.4 Å². The van der Waals surface area contributed by atoms with Crippen LogP contribution in [0.4, 0.5) is 0 Å². The molecule has 4 aromatic carbocycles. The van der Waals surface area contributed by atoms with Gasteiger partial charge in [0.05, 0.1) is 13.1 Å². The Labute approximate surface area is 200 Å². The standard InChI is InChI=1S/C30H28N2O2/c1-21-9-7-13-25(19-31-17-23-11-3-5-15-27(23)33)29(21)30-22(2)10-8-14-26(30)20-32-18-24-12-4-6-16-28(24)34/h3-18,33-34H,19-20H2,1-2H3. The van der Waals surface area contributed by atoms with Crippen molar-refractivity contribution in [2.75, 3.05) is 0 Å². The summed E-state index contributed by atoms with van der Waals surface area (Å²) in [5.74, 6) is 0.443. The molecule has 0 heterocycles. The second kappa shape index (κ2) is 10.6. The number of para-hydroxylation sites is 2. The quantitative estimate of drug-likeness (QED) is 0.312. The molecule has 0 fully saturated rings. The summed E-state index contributed by atoms with van der Waals surface area (Å²) < 4.78 is 0. The number of benzene rings is 4. The summed E-state index contributed by atoms with van der Waals surface area (Å²) in [5, 5.41) is 20.0. The number of aryl methyl sites for hydroxylation is 2. The Hall–Kier alpha value is -4.18. The van der Waals surface area contributed by atoms with Crippen molar-refractivity contribution in [3.8, 4) is 22.6 Å². The molecule has 34 heavy (non-hydrogen) atoms. The smallest absolute Gasteiger partial charge is 0.124 e. The second-order valence-electron chi connectivity index (χ2n) is 8.28. The van der Waals surface area contributed by atoms with E-state index in [0.29, 0.717) is 24.2 Å². The largest absolute Gasteiger partial charge is 0.507 e.